The number of anilines is 3. The molecule has 4 aromatic rings. The second-order valence-corrected chi connectivity index (χ2v) is 10.1. The van der Waals surface area contributed by atoms with Gasteiger partial charge in [-0.15, -0.1) is 6.58 Å². The Bertz CT molecular complexity index is 1570. The molecular formula is C29H34F3N9O. The Morgan fingerprint density at radius 2 is 1.79 bits per heavy atom. The maximum atomic E-state index is 13.4. The van der Waals surface area contributed by atoms with Crippen LogP contribution in [0, 0.1) is 0 Å². The Hall–Kier alpha value is -4.23. The van der Waals surface area contributed by atoms with Crippen LogP contribution in [0.25, 0.3) is 16.9 Å². The van der Waals surface area contributed by atoms with E-state index in [9.17, 15) is 18.0 Å². The van der Waals surface area contributed by atoms with Crippen molar-refractivity contribution < 1.29 is 13.2 Å². The third-order valence-corrected chi connectivity index (χ3v) is 7.23. The molecule has 13 heteroatoms. The molecule has 1 aromatic carbocycles. The predicted molar refractivity (Wildman–Crippen MR) is 158 cm³/mol. The first-order valence-corrected chi connectivity index (χ1v) is 13.9. The highest BCUT2D eigenvalue weighted by molar-refractivity contribution is 5.77. The number of halogens is 3. The Kier molecular flexibility index (Phi) is 8.88. The van der Waals surface area contributed by atoms with Gasteiger partial charge in [-0.25, -0.2) is 19.3 Å². The number of fused-ring (bicyclic) bond motifs is 1. The molecule has 10 nitrogen and oxygen atoms in total. The normalized spacial score (nSPS) is 14.4. The molecule has 2 N–H and O–H groups in total. The third kappa shape index (κ3) is 6.47. The number of rotatable bonds is 11. The highest BCUT2D eigenvalue weighted by Gasteiger charge is 2.33. The zero-order chi connectivity index (χ0) is 29.7. The summed E-state index contributed by atoms with van der Waals surface area (Å²) >= 11 is 0. The monoisotopic (exact) mass is 581 g/mol. The van der Waals surface area contributed by atoms with Crippen molar-refractivity contribution in [3.63, 3.8) is 0 Å². The first-order valence-electron chi connectivity index (χ1n) is 13.9. The summed E-state index contributed by atoms with van der Waals surface area (Å²) in [7, 11) is 1.98. The summed E-state index contributed by atoms with van der Waals surface area (Å²) in [6.07, 6.45) is 0.576. The van der Waals surface area contributed by atoms with E-state index in [2.05, 4.69) is 42.0 Å². The predicted octanol–water partition coefficient (Wildman–Crippen LogP) is 4.05. The summed E-state index contributed by atoms with van der Waals surface area (Å²) in [5.74, 6) is 0.101. The van der Waals surface area contributed by atoms with E-state index in [1.165, 1.54) is 46.6 Å². The molecular weight excluding hydrogens is 547 g/mol. The summed E-state index contributed by atoms with van der Waals surface area (Å²) in [6, 6.07) is 11.4. The van der Waals surface area contributed by atoms with Crippen LogP contribution in [0.1, 0.15) is 18.5 Å². The maximum Gasteiger partial charge on any atom is 0.433 e. The van der Waals surface area contributed by atoms with Crippen molar-refractivity contribution in [3.05, 3.63) is 77.4 Å². The second kappa shape index (κ2) is 12.7. The van der Waals surface area contributed by atoms with Crippen LogP contribution in [-0.2, 0) is 12.7 Å². The van der Waals surface area contributed by atoms with E-state index in [0.717, 1.165) is 56.7 Å². The van der Waals surface area contributed by atoms with Gasteiger partial charge in [0.1, 0.15) is 11.1 Å². The number of nitrogens with zero attached hydrogens (tertiary/aromatic N) is 7. The number of nitrogens with one attached hydrogen (secondary N) is 2. The molecule has 42 heavy (non-hydrogen) atoms. The number of pyridine rings is 1. The van der Waals surface area contributed by atoms with Crippen LogP contribution in [-0.4, -0.2) is 75.5 Å². The van der Waals surface area contributed by atoms with Crippen molar-refractivity contribution in [1.82, 2.24) is 34.5 Å². The van der Waals surface area contributed by atoms with Gasteiger partial charge in [-0.05, 0) is 69.4 Å². The van der Waals surface area contributed by atoms with E-state index in [1.807, 2.05) is 31.3 Å². The number of benzene rings is 1. The van der Waals surface area contributed by atoms with Crippen LogP contribution in [0.2, 0.25) is 0 Å². The van der Waals surface area contributed by atoms with E-state index >= 15 is 0 Å². The second-order valence-electron chi connectivity index (χ2n) is 10.1. The van der Waals surface area contributed by atoms with Crippen LogP contribution in [0.3, 0.4) is 0 Å². The average Bonchev–Trinajstić information content (AvgIpc) is 3.26. The molecule has 4 heterocycles. The molecule has 1 saturated heterocycles. The minimum Gasteiger partial charge on any atom is -0.369 e. The van der Waals surface area contributed by atoms with Crippen LogP contribution < -0.4 is 21.1 Å². The fourth-order valence-corrected chi connectivity index (χ4v) is 5.06. The molecule has 222 valence electrons. The van der Waals surface area contributed by atoms with Gasteiger partial charge in [0, 0.05) is 43.8 Å². The van der Waals surface area contributed by atoms with Crippen LogP contribution in [0.15, 0.2) is 66.1 Å². The van der Waals surface area contributed by atoms with Crippen molar-refractivity contribution in [2.24, 2.45) is 0 Å². The summed E-state index contributed by atoms with van der Waals surface area (Å²) in [4.78, 5) is 30.5. The minimum absolute atomic E-state index is 0.0436. The Labute approximate surface area is 241 Å². The maximum absolute atomic E-state index is 13.4. The number of allylic oxidation sites excluding steroid dienone is 1. The van der Waals surface area contributed by atoms with Gasteiger partial charge in [0.05, 0.1) is 6.54 Å². The fourth-order valence-electron chi connectivity index (χ4n) is 5.06. The third-order valence-electron chi connectivity index (χ3n) is 7.23. The summed E-state index contributed by atoms with van der Waals surface area (Å²) in [5.41, 5.74) is 0.457. The van der Waals surface area contributed by atoms with E-state index in [4.69, 9.17) is 0 Å². The zero-order valence-corrected chi connectivity index (χ0v) is 23.4. The summed E-state index contributed by atoms with van der Waals surface area (Å²) < 4.78 is 42.7. The highest BCUT2D eigenvalue weighted by atomic mass is 19.4. The SMILES string of the molecule is C=CCn1c(=O)c2cnc(Nc3ccc(N4CCN(CCCCNC)CC4)cc3)nc2n1-c1cccc(C(F)(F)F)n1. The minimum atomic E-state index is -4.64. The van der Waals surface area contributed by atoms with E-state index < -0.39 is 17.4 Å². The van der Waals surface area contributed by atoms with Crippen LogP contribution >= 0.6 is 0 Å². The molecule has 3 aromatic heterocycles. The lowest BCUT2D eigenvalue weighted by Gasteiger charge is -2.36. The molecule has 1 aliphatic rings. The molecule has 0 amide bonds. The molecule has 0 atom stereocenters. The Balaban J connectivity index is 1.34. The first kappa shape index (κ1) is 29.3. The van der Waals surface area contributed by atoms with Gasteiger partial charge < -0.3 is 15.5 Å². The molecule has 5 rings (SSSR count). The van der Waals surface area contributed by atoms with Crippen molar-refractivity contribution in [2.75, 3.05) is 56.5 Å². The molecule has 1 fully saturated rings. The number of piperazine rings is 1. The summed E-state index contributed by atoms with van der Waals surface area (Å²) in [5, 5.41) is 6.48. The van der Waals surface area contributed by atoms with E-state index in [-0.39, 0.29) is 29.3 Å². The standard InChI is InChI=1S/C29H34F3N9O/c1-3-14-40-27(42)23-20-34-28(37-26(23)41(40)25-8-6-7-24(36-25)29(30,31)32)35-21-9-11-22(12-10-21)39-18-16-38(17-19-39)15-5-4-13-33-2/h3,6-12,20,33H,1,4-5,13-19H2,2H3,(H,34,35,37). The quantitative estimate of drug-likeness (QED) is 0.202. The number of unbranched alkanes of at least 4 members (excludes halogenated alkanes) is 1. The fraction of sp³-hybridized carbons (Fsp3) is 0.379. The van der Waals surface area contributed by atoms with Gasteiger partial charge in [-0.2, -0.15) is 18.2 Å². The van der Waals surface area contributed by atoms with Gasteiger partial charge in [-0.1, -0.05) is 12.1 Å². The van der Waals surface area contributed by atoms with Gasteiger partial charge in [-0.3, -0.25) is 9.69 Å². The molecule has 0 aliphatic carbocycles. The topological polar surface area (TPSA) is 96.1 Å². The van der Waals surface area contributed by atoms with Crippen LogP contribution in [0.5, 0.6) is 0 Å². The van der Waals surface area contributed by atoms with Gasteiger partial charge in [0.25, 0.3) is 5.56 Å². The van der Waals surface area contributed by atoms with Crippen molar-refractivity contribution >= 4 is 28.4 Å². The highest BCUT2D eigenvalue weighted by Crippen LogP contribution is 2.28. The van der Waals surface area contributed by atoms with Gasteiger partial charge >= 0.3 is 6.18 Å². The number of hydrogen-bond donors (Lipinski definition) is 2. The van der Waals surface area contributed by atoms with Crippen molar-refractivity contribution in [1.29, 1.82) is 0 Å². The Morgan fingerprint density at radius 3 is 2.48 bits per heavy atom. The molecule has 0 saturated carbocycles. The molecule has 0 bridgehead atoms. The number of aromatic nitrogens is 5. The summed E-state index contributed by atoms with van der Waals surface area (Å²) in [6.45, 7) is 9.86. The Morgan fingerprint density at radius 1 is 1.02 bits per heavy atom. The zero-order valence-electron chi connectivity index (χ0n) is 23.4. The van der Waals surface area contributed by atoms with Crippen molar-refractivity contribution in [3.8, 4) is 5.82 Å². The lowest BCUT2D eigenvalue weighted by Crippen LogP contribution is -2.46. The van der Waals surface area contributed by atoms with Crippen molar-refractivity contribution in [2.45, 2.75) is 25.6 Å². The first-order chi connectivity index (χ1) is 20.3. The largest absolute Gasteiger partial charge is 0.433 e. The lowest BCUT2D eigenvalue weighted by molar-refractivity contribution is -0.141. The van der Waals surface area contributed by atoms with Gasteiger partial charge in [0.2, 0.25) is 5.95 Å². The van der Waals surface area contributed by atoms with E-state index in [0.29, 0.717) is 0 Å². The average molecular weight is 582 g/mol. The van der Waals surface area contributed by atoms with E-state index in [1.54, 1.807) is 0 Å². The smallest absolute Gasteiger partial charge is 0.369 e. The number of hydrogen-bond acceptors (Lipinski definition) is 8. The number of alkyl halides is 3. The molecule has 0 spiro atoms. The lowest BCUT2D eigenvalue weighted by atomic mass is 10.2. The molecule has 0 radical (unpaired) electrons. The van der Waals surface area contributed by atoms with Gasteiger partial charge in [0.15, 0.2) is 11.5 Å². The molecule has 1 aliphatic heterocycles. The molecule has 0 unspecified atom stereocenters. The van der Waals surface area contributed by atoms with Crippen LogP contribution in [0.4, 0.5) is 30.5 Å².